The van der Waals surface area contributed by atoms with Crippen LogP contribution in [-0.2, 0) is 25.4 Å². The summed E-state index contributed by atoms with van der Waals surface area (Å²) in [6, 6.07) is 8.01. The molecule has 1 heterocycles. The summed E-state index contributed by atoms with van der Waals surface area (Å²) in [5.74, 6) is -2.05. The number of unbranched alkanes of at least 4 members (excludes halogenated alkanes) is 1. The predicted octanol–water partition coefficient (Wildman–Crippen LogP) is 1.99. The second-order valence-electron chi connectivity index (χ2n) is 6.98. The third-order valence-corrected chi connectivity index (χ3v) is 6.62. The zero-order chi connectivity index (χ0) is 19.9. The van der Waals surface area contributed by atoms with Gasteiger partial charge in [0.15, 0.2) is 0 Å². The summed E-state index contributed by atoms with van der Waals surface area (Å²) >= 11 is 0. The minimum atomic E-state index is -3.52. The van der Waals surface area contributed by atoms with Crippen LogP contribution in [0.25, 0.3) is 0 Å². The van der Waals surface area contributed by atoms with E-state index in [1.54, 1.807) is 24.3 Å². The van der Waals surface area contributed by atoms with Crippen LogP contribution in [-0.4, -0.2) is 48.8 Å². The van der Waals surface area contributed by atoms with E-state index in [1.807, 2.05) is 13.0 Å². The number of rotatable bonds is 9. The van der Waals surface area contributed by atoms with Crippen molar-refractivity contribution >= 4 is 21.9 Å². The minimum absolute atomic E-state index is 0.0983. The van der Waals surface area contributed by atoms with Crippen LogP contribution in [0.4, 0.5) is 0 Å². The molecule has 0 aromatic heterocycles. The topological polar surface area (TPSA) is 104 Å². The lowest BCUT2D eigenvalue weighted by molar-refractivity contribution is -0.143. The summed E-state index contributed by atoms with van der Waals surface area (Å²) in [5, 5.41) is 11.9. The lowest BCUT2D eigenvalue weighted by Gasteiger charge is -2.31. The monoisotopic (exact) mass is 396 g/mol. The maximum atomic E-state index is 12.7. The Morgan fingerprint density at radius 1 is 1.30 bits per heavy atom. The first-order chi connectivity index (χ1) is 12.8. The summed E-state index contributed by atoms with van der Waals surface area (Å²) in [4.78, 5) is 23.8. The first-order valence-corrected chi connectivity index (χ1v) is 11.0. The van der Waals surface area contributed by atoms with Crippen LogP contribution < -0.4 is 5.32 Å². The fraction of sp³-hybridized carbons (Fsp3) is 0.579. The van der Waals surface area contributed by atoms with Gasteiger partial charge in [0.05, 0.1) is 11.7 Å². The highest BCUT2D eigenvalue weighted by Gasteiger charge is 2.33. The molecule has 7 nitrogen and oxygen atoms in total. The molecular formula is C19H28N2O5S. The standard InChI is InChI=1S/C19H28N2O5S/c1-2-3-11-17(19(23)24)20-18(22)16-10-7-12-21(13-16)27(25,26)14-15-8-5-4-6-9-15/h4-6,8-9,16-17H,2-3,7,10-14H2,1H3,(H,20,22)(H,23,24). The maximum Gasteiger partial charge on any atom is 0.326 e. The molecule has 8 heteroatoms. The van der Waals surface area contributed by atoms with E-state index < -0.39 is 28.0 Å². The summed E-state index contributed by atoms with van der Waals surface area (Å²) < 4.78 is 26.7. The molecule has 0 bridgehead atoms. The van der Waals surface area contributed by atoms with Gasteiger partial charge in [-0.3, -0.25) is 4.79 Å². The molecule has 0 aliphatic carbocycles. The maximum absolute atomic E-state index is 12.7. The van der Waals surface area contributed by atoms with Crippen molar-refractivity contribution in [2.75, 3.05) is 13.1 Å². The molecule has 2 unspecified atom stereocenters. The molecule has 2 rings (SSSR count). The molecule has 1 fully saturated rings. The van der Waals surface area contributed by atoms with Crippen LogP contribution in [0, 0.1) is 5.92 Å². The summed E-state index contributed by atoms with van der Waals surface area (Å²) in [6.45, 7) is 2.44. The third kappa shape index (κ3) is 6.32. The highest BCUT2D eigenvalue weighted by atomic mass is 32.2. The van der Waals surface area contributed by atoms with Gasteiger partial charge in [0.1, 0.15) is 6.04 Å². The molecule has 27 heavy (non-hydrogen) atoms. The molecule has 1 aliphatic rings. The number of carbonyl (C=O) groups excluding carboxylic acids is 1. The Labute approximate surface area is 160 Å². The van der Waals surface area contributed by atoms with Crippen molar-refractivity contribution in [1.82, 2.24) is 9.62 Å². The van der Waals surface area contributed by atoms with Crippen LogP contribution in [0.15, 0.2) is 30.3 Å². The highest BCUT2D eigenvalue weighted by molar-refractivity contribution is 7.88. The van der Waals surface area contributed by atoms with E-state index in [9.17, 15) is 23.1 Å². The Balaban J connectivity index is 1.99. The molecule has 2 N–H and O–H groups in total. The van der Waals surface area contributed by atoms with Crippen molar-refractivity contribution < 1.29 is 23.1 Å². The number of carboxylic acids is 1. The van der Waals surface area contributed by atoms with Crippen LogP contribution >= 0.6 is 0 Å². The average molecular weight is 397 g/mol. The van der Waals surface area contributed by atoms with Gasteiger partial charge in [0.25, 0.3) is 0 Å². The minimum Gasteiger partial charge on any atom is -0.480 e. The van der Waals surface area contributed by atoms with Crippen molar-refractivity contribution in [3.63, 3.8) is 0 Å². The largest absolute Gasteiger partial charge is 0.480 e. The van der Waals surface area contributed by atoms with Crippen molar-refractivity contribution in [3.05, 3.63) is 35.9 Å². The van der Waals surface area contributed by atoms with Gasteiger partial charge in [-0.2, -0.15) is 0 Å². The van der Waals surface area contributed by atoms with Gasteiger partial charge in [-0.15, -0.1) is 0 Å². The normalized spacial score (nSPS) is 19.4. The summed E-state index contributed by atoms with van der Waals surface area (Å²) in [5.41, 5.74) is 0.703. The van der Waals surface area contributed by atoms with Gasteiger partial charge in [-0.25, -0.2) is 17.5 Å². The molecule has 1 aromatic rings. The molecule has 1 aromatic carbocycles. The van der Waals surface area contributed by atoms with E-state index in [4.69, 9.17) is 0 Å². The van der Waals surface area contributed by atoms with E-state index >= 15 is 0 Å². The van der Waals surface area contributed by atoms with Gasteiger partial charge >= 0.3 is 5.97 Å². The molecule has 2 atom stereocenters. The fourth-order valence-corrected chi connectivity index (χ4v) is 4.85. The summed E-state index contributed by atoms with van der Waals surface area (Å²) in [6.07, 6.45) is 3.07. The van der Waals surface area contributed by atoms with E-state index in [0.717, 1.165) is 6.42 Å². The lowest BCUT2D eigenvalue weighted by Crippen LogP contribution is -2.49. The fourth-order valence-electron chi connectivity index (χ4n) is 3.24. The molecule has 0 radical (unpaired) electrons. The smallest absolute Gasteiger partial charge is 0.326 e. The quantitative estimate of drug-likeness (QED) is 0.664. The molecule has 1 amide bonds. The molecule has 1 saturated heterocycles. The van der Waals surface area contributed by atoms with Crippen LogP contribution in [0.3, 0.4) is 0 Å². The van der Waals surface area contributed by atoms with E-state index in [1.165, 1.54) is 4.31 Å². The van der Waals surface area contributed by atoms with Gasteiger partial charge in [0, 0.05) is 13.1 Å². The van der Waals surface area contributed by atoms with Crippen LogP contribution in [0.5, 0.6) is 0 Å². The Bertz CT molecular complexity index is 736. The predicted molar refractivity (Wildman–Crippen MR) is 102 cm³/mol. The number of nitrogens with zero attached hydrogens (tertiary/aromatic N) is 1. The number of benzene rings is 1. The number of carboxylic acid groups (broad SMARTS) is 1. The van der Waals surface area contributed by atoms with Crippen molar-refractivity contribution in [2.45, 2.75) is 50.8 Å². The molecule has 1 aliphatic heterocycles. The Kier molecular flexibility index (Phi) is 7.79. The number of piperidine rings is 1. The van der Waals surface area contributed by atoms with Crippen molar-refractivity contribution in [1.29, 1.82) is 0 Å². The zero-order valence-corrected chi connectivity index (χ0v) is 16.5. The first kappa shape index (κ1) is 21.4. The lowest BCUT2D eigenvalue weighted by atomic mass is 9.98. The number of carbonyl (C=O) groups is 2. The third-order valence-electron chi connectivity index (χ3n) is 4.80. The highest BCUT2D eigenvalue weighted by Crippen LogP contribution is 2.22. The zero-order valence-electron chi connectivity index (χ0n) is 15.6. The molecule has 0 saturated carbocycles. The van der Waals surface area contributed by atoms with Gasteiger partial charge in [-0.1, -0.05) is 50.1 Å². The second-order valence-corrected chi connectivity index (χ2v) is 8.95. The van der Waals surface area contributed by atoms with Gasteiger partial charge < -0.3 is 10.4 Å². The number of nitrogens with one attached hydrogen (secondary N) is 1. The first-order valence-electron chi connectivity index (χ1n) is 9.38. The Hall–Kier alpha value is -1.93. The second kappa shape index (κ2) is 9.85. The number of hydrogen-bond donors (Lipinski definition) is 2. The number of sulfonamides is 1. The number of aliphatic carboxylic acids is 1. The number of amides is 1. The molecule has 0 spiro atoms. The van der Waals surface area contributed by atoms with E-state index in [0.29, 0.717) is 37.8 Å². The van der Waals surface area contributed by atoms with E-state index in [2.05, 4.69) is 5.32 Å². The average Bonchev–Trinajstić information content (AvgIpc) is 2.65. The van der Waals surface area contributed by atoms with Crippen molar-refractivity contribution in [3.8, 4) is 0 Å². The van der Waals surface area contributed by atoms with Gasteiger partial charge in [0.2, 0.25) is 15.9 Å². The Morgan fingerprint density at radius 3 is 2.63 bits per heavy atom. The molecular weight excluding hydrogens is 368 g/mol. The van der Waals surface area contributed by atoms with Crippen LogP contribution in [0.2, 0.25) is 0 Å². The van der Waals surface area contributed by atoms with E-state index in [-0.39, 0.29) is 18.2 Å². The van der Waals surface area contributed by atoms with Gasteiger partial charge in [-0.05, 0) is 24.8 Å². The molecule has 150 valence electrons. The van der Waals surface area contributed by atoms with Crippen LogP contribution in [0.1, 0.15) is 44.6 Å². The summed E-state index contributed by atoms with van der Waals surface area (Å²) in [7, 11) is -3.52. The van der Waals surface area contributed by atoms with Crippen molar-refractivity contribution in [2.24, 2.45) is 5.92 Å². The SMILES string of the molecule is CCCCC(NC(=O)C1CCCN(S(=O)(=O)Cc2ccccc2)C1)C(=O)O. The Morgan fingerprint density at radius 2 is 2.00 bits per heavy atom. The number of hydrogen-bond acceptors (Lipinski definition) is 4.